The molecule has 5 heteroatoms. The molecule has 0 fully saturated rings. The van der Waals surface area contributed by atoms with Crippen LogP contribution in [0, 0.1) is 0 Å². The summed E-state index contributed by atoms with van der Waals surface area (Å²) in [6, 6.07) is 15.5. The Labute approximate surface area is 197 Å². The molecule has 1 heterocycles. The highest BCUT2D eigenvalue weighted by Crippen LogP contribution is 2.24. The molecular weight excluding hydrogens is 415 g/mol. The van der Waals surface area contributed by atoms with Crippen molar-refractivity contribution in [2.45, 2.75) is 65.0 Å². The molecule has 0 N–H and O–H groups in total. The second-order valence-corrected chi connectivity index (χ2v) is 8.28. The Morgan fingerprint density at radius 1 is 0.697 bits per heavy atom. The van der Waals surface area contributed by atoms with Gasteiger partial charge in [0.05, 0.1) is 6.61 Å². The zero-order chi connectivity index (χ0) is 23.3. The molecule has 0 radical (unpaired) electrons. The van der Waals surface area contributed by atoms with Gasteiger partial charge in [0.1, 0.15) is 24.3 Å². The highest BCUT2D eigenvalue weighted by Gasteiger charge is 2.07. The third-order valence-electron chi connectivity index (χ3n) is 5.59. The fraction of sp³-hybridized carbons (Fsp3) is 0.429. The first-order chi connectivity index (χ1) is 16.2. The first kappa shape index (κ1) is 24.7. The van der Waals surface area contributed by atoms with Gasteiger partial charge in [-0.05, 0) is 54.8 Å². The lowest BCUT2D eigenvalue weighted by atomic mass is 10.1. The first-order valence-corrected chi connectivity index (χ1v) is 12.1. The van der Waals surface area contributed by atoms with Gasteiger partial charge < -0.3 is 9.47 Å². The van der Waals surface area contributed by atoms with Gasteiger partial charge in [-0.2, -0.15) is 0 Å². The minimum absolute atomic E-state index is 0.0733. The lowest BCUT2D eigenvalue weighted by molar-refractivity contribution is 0.192. The van der Waals surface area contributed by atoms with Gasteiger partial charge in [-0.1, -0.05) is 58.1 Å². The molecule has 33 heavy (non-hydrogen) atoms. The summed E-state index contributed by atoms with van der Waals surface area (Å²) in [5.41, 5.74) is 2.89. The van der Waals surface area contributed by atoms with E-state index < -0.39 is 6.17 Å². The Morgan fingerprint density at radius 2 is 1.27 bits per heavy atom. The van der Waals surface area contributed by atoms with E-state index >= 15 is 0 Å². The molecule has 3 rings (SSSR count). The summed E-state index contributed by atoms with van der Waals surface area (Å²) in [6.45, 7) is 4.88. The van der Waals surface area contributed by atoms with E-state index in [0.29, 0.717) is 18.0 Å². The van der Waals surface area contributed by atoms with Crippen LogP contribution in [0.4, 0.5) is 4.39 Å². The van der Waals surface area contributed by atoms with Crippen molar-refractivity contribution in [2.24, 2.45) is 0 Å². The average molecular weight is 451 g/mol. The Bertz CT molecular complexity index is 928. The number of hydrogen-bond acceptors (Lipinski definition) is 4. The summed E-state index contributed by atoms with van der Waals surface area (Å²) in [4.78, 5) is 9.03. The number of nitrogens with zero attached hydrogens (tertiary/aromatic N) is 2. The number of unbranched alkanes of at least 4 members (excludes halogenated alkanes) is 5. The molecule has 0 spiro atoms. The minimum atomic E-state index is -0.943. The Balaban J connectivity index is 1.49. The van der Waals surface area contributed by atoms with Crippen LogP contribution in [0.5, 0.6) is 11.5 Å². The topological polar surface area (TPSA) is 44.2 Å². The zero-order valence-corrected chi connectivity index (χ0v) is 19.8. The summed E-state index contributed by atoms with van der Waals surface area (Å²) in [6.07, 6.45) is 10.7. The number of hydrogen-bond donors (Lipinski definition) is 0. The van der Waals surface area contributed by atoms with Gasteiger partial charge in [0.25, 0.3) is 0 Å². The third kappa shape index (κ3) is 8.16. The quantitative estimate of drug-likeness (QED) is 0.236. The lowest BCUT2D eigenvalue weighted by Crippen LogP contribution is -2.11. The van der Waals surface area contributed by atoms with Crippen LogP contribution in [-0.4, -0.2) is 29.4 Å². The number of alkyl halides is 1. The van der Waals surface area contributed by atoms with Crippen molar-refractivity contribution in [3.05, 3.63) is 60.9 Å². The van der Waals surface area contributed by atoms with Crippen molar-refractivity contribution in [3.8, 4) is 34.0 Å². The van der Waals surface area contributed by atoms with Gasteiger partial charge >= 0.3 is 0 Å². The number of rotatable bonds is 14. The van der Waals surface area contributed by atoms with E-state index in [-0.39, 0.29) is 6.61 Å². The highest BCUT2D eigenvalue weighted by molar-refractivity contribution is 5.64. The van der Waals surface area contributed by atoms with Crippen LogP contribution < -0.4 is 9.47 Å². The molecule has 2 aromatic carbocycles. The molecular formula is C28H35FN2O2. The number of halogens is 1. The lowest BCUT2D eigenvalue weighted by Gasteiger charge is -2.09. The van der Waals surface area contributed by atoms with Crippen LogP contribution in [0.1, 0.15) is 58.8 Å². The van der Waals surface area contributed by atoms with E-state index in [1.807, 2.05) is 60.9 Å². The Morgan fingerprint density at radius 3 is 1.91 bits per heavy atom. The molecule has 0 aliphatic rings. The summed E-state index contributed by atoms with van der Waals surface area (Å²) < 4.78 is 24.7. The van der Waals surface area contributed by atoms with E-state index in [1.165, 1.54) is 32.1 Å². The van der Waals surface area contributed by atoms with Gasteiger partial charge in [-0.3, -0.25) is 0 Å². The van der Waals surface area contributed by atoms with Crippen LogP contribution in [-0.2, 0) is 0 Å². The number of aromatic nitrogens is 2. The zero-order valence-electron chi connectivity index (χ0n) is 19.8. The molecule has 4 nitrogen and oxygen atoms in total. The minimum Gasteiger partial charge on any atom is -0.494 e. The van der Waals surface area contributed by atoms with Crippen LogP contribution in [0.25, 0.3) is 22.5 Å². The van der Waals surface area contributed by atoms with Crippen LogP contribution in [0.2, 0.25) is 0 Å². The van der Waals surface area contributed by atoms with Crippen LogP contribution >= 0.6 is 0 Å². The maximum Gasteiger partial charge on any atom is 0.159 e. The van der Waals surface area contributed by atoms with Crippen LogP contribution in [0.3, 0.4) is 0 Å². The molecule has 1 aromatic heterocycles. The van der Waals surface area contributed by atoms with E-state index in [1.54, 1.807) is 6.92 Å². The molecule has 1 atom stereocenters. The maximum atomic E-state index is 13.3. The standard InChI is InChI=1S/C28H35FN2O2/c1-3-5-6-7-8-9-18-32-26-14-10-22(11-15-26)24-19-30-28(31-20-24)23-12-16-27(17-13-23)33-21-25(29)4-2/h10-17,19-20,25H,3-9,18,21H2,1-2H3. The van der Waals surface area contributed by atoms with Crippen molar-refractivity contribution in [3.63, 3.8) is 0 Å². The first-order valence-electron chi connectivity index (χ1n) is 12.1. The average Bonchev–Trinajstić information content (AvgIpc) is 2.87. The Hall–Kier alpha value is -2.95. The summed E-state index contributed by atoms with van der Waals surface area (Å²) in [5.74, 6) is 2.18. The normalized spacial score (nSPS) is 11.8. The van der Waals surface area contributed by atoms with E-state index in [4.69, 9.17) is 9.47 Å². The predicted octanol–water partition coefficient (Wildman–Crippen LogP) is 7.68. The molecule has 1 unspecified atom stereocenters. The fourth-order valence-corrected chi connectivity index (χ4v) is 3.45. The molecule has 0 amide bonds. The summed E-state index contributed by atoms with van der Waals surface area (Å²) >= 11 is 0. The number of benzene rings is 2. The second kappa shape index (κ2) is 13.6. The van der Waals surface area contributed by atoms with E-state index in [2.05, 4.69) is 16.9 Å². The molecule has 176 valence electrons. The molecule has 0 bridgehead atoms. The second-order valence-electron chi connectivity index (χ2n) is 8.28. The largest absolute Gasteiger partial charge is 0.494 e. The van der Waals surface area contributed by atoms with Gasteiger partial charge in [0, 0.05) is 23.5 Å². The molecule has 0 aliphatic carbocycles. The third-order valence-corrected chi connectivity index (χ3v) is 5.59. The van der Waals surface area contributed by atoms with Gasteiger partial charge in [-0.25, -0.2) is 14.4 Å². The Kier molecular flexibility index (Phi) is 10.1. The smallest absolute Gasteiger partial charge is 0.159 e. The molecule has 0 aliphatic heterocycles. The monoisotopic (exact) mass is 450 g/mol. The molecule has 0 saturated carbocycles. The van der Waals surface area contributed by atoms with Crippen molar-refractivity contribution < 1.29 is 13.9 Å². The predicted molar refractivity (Wildman–Crippen MR) is 132 cm³/mol. The van der Waals surface area contributed by atoms with Crippen LogP contribution in [0.15, 0.2) is 60.9 Å². The van der Waals surface area contributed by atoms with Crippen molar-refractivity contribution >= 4 is 0 Å². The van der Waals surface area contributed by atoms with E-state index in [9.17, 15) is 4.39 Å². The maximum absolute atomic E-state index is 13.3. The summed E-state index contributed by atoms with van der Waals surface area (Å²) in [5, 5.41) is 0. The highest BCUT2D eigenvalue weighted by atomic mass is 19.1. The van der Waals surface area contributed by atoms with Gasteiger partial charge in [-0.15, -0.1) is 0 Å². The number of ether oxygens (including phenoxy) is 2. The van der Waals surface area contributed by atoms with Crippen molar-refractivity contribution in [1.82, 2.24) is 9.97 Å². The molecule has 3 aromatic rings. The van der Waals surface area contributed by atoms with Gasteiger partial charge in [0.2, 0.25) is 0 Å². The van der Waals surface area contributed by atoms with Crippen molar-refractivity contribution in [2.75, 3.05) is 13.2 Å². The summed E-state index contributed by atoms with van der Waals surface area (Å²) in [7, 11) is 0. The SMILES string of the molecule is CCCCCCCCOc1ccc(-c2cnc(-c3ccc(OCC(F)CC)cc3)nc2)cc1. The van der Waals surface area contributed by atoms with Gasteiger partial charge in [0.15, 0.2) is 5.82 Å². The fourth-order valence-electron chi connectivity index (χ4n) is 3.45. The molecule has 0 saturated heterocycles. The van der Waals surface area contributed by atoms with Crippen molar-refractivity contribution in [1.29, 1.82) is 0 Å². The van der Waals surface area contributed by atoms with E-state index in [0.717, 1.165) is 35.5 Å².